The van der Waals surface area contributed by atoms with Crippen molar-refractivity contribution in [1.29, 1.82) is 0 Å². The van der Waals surface area contributed by atoms with Crippen LogP contribution in [0.2, 0.25) is 0 Å². The minimum Gasteiger partial charge on any atom is -0.439 e. The monoisotopic (exact) mass is 448 g/mol. The van der Waals surface area contributed by atoms with Gasteiger partial charge in [-0.3, -0.25) is 4.99 Å². The van der Waals surface area contributed by atoms with Gasteiger partial charge in [0.15, 0.2) is 17.6 Å². The summed E-state index contributed by atoms with van der Waals surface area (Å²) < 4.78 is 20.0. The molecule has 33 heavy (non-hydrogen) atoms. The molecule has 1 saturated heterocycles. The van der Waals surface area contributed by atoms with E-state index in [-0.39, 0.29) is 11.9 Å². The lowest BCUT2D eigenvalue weighted by atomic mass is 10.1. The predicted molar refractivity (Wildman–Crippen MR) is 128 cm³/mol. The summed E-state index contributed by atoms with van der Waals surface area (Å²) in [5.74, 6) is 2.11. The van der Waals surface area contributed by atoms with Crippen molar-refractivity contribution in [2.45, 2.75) is 32.9 Å². The first-order valence-electron chi connectivity index (χ1n) is 11.0. The van der Waals surface area contributed by atoms with Crippen molar-refractivity contribution in [2.24, 2.45) is 4.99 Å². The summed E-state index contributed by atoms with van der Waals surface area (Å²) >= 11 is 0. The maximum atomic E-state index is 14.0. The molecule has 1 atom stereocenters. The molecule has 3 heterocycles. The number of anilines is 1. The van der Waals surface area contributed by atoms with E-state index in [0.717, 1.165) is 24.3 Å². The van der Waals surface area contributed by atoms with Gasteiger partial charge in [0, 0.05) is 51.2 Å². The van der Waals surface area contributed by atoms with E-state index in [1.54, 1.807) is 25.5 Å². The second kappa shape index (κ2) is 10.3. The number of aryl methyl sites for hydroxylation is 2. The number of ether oxygens (including phenoxy) is 1. The van der Waals surface area contributed by atoms with E-state index in [2.05, 4.69) is 39.4 Å². The Balaban J connectivity index is 1.31. The molecule has 7 nitrogen and oxygen atoms in total. The first kappa shape index (κ1) is 22.5. The number of nitrogens with one attached hydrogen (secondary N) is 2. The van der Waals surface area contributed by atoms with E-state index >= 15 is 0 Å². The van der Waals surface area contributed by atoms with Crippen molar-refractivity contribution < 1.29 is 9.13 Å². The summed E-state index contributed by atoms with van der Waals surface area (Å²) in [6, 6.07) is 13.0. The van der Waals surface area contributed by atoms with Crippen molar-refractivity contribution in [2.75, 3.05) is 25.0 Å². The molecule has 2 aromatic heterocycles. The number of halogens is 1. The first-order chi connectivity index (χ1) is 16.0. The van der Waals surface area contributed by atoms with Crippen LogP contribution in [0.4, 0.5) is 10.2 Å². The molecule has 0 saturated carbocycles. The molecule has 1 aliphatic heterocycles. The number of aromatic nitrogens is 2. The number of guanidine groups is 1. The Kier molecular flexibility index (Phi) is 7.02. The number of pyridine rings is 2. The molecule has 1 fully saturated rings. The normalized spacial score (nSPS) is 16.1. The average molecular weight is 449 g/mol. The van der Waals surface area contributed by atoms with E-state index in [9.17, 15) is 4.39 Å². The standard InChI is InChI=1S/C25H29FN6O/c1-17-6-7-21(13-18(17)2)33-23-14-19(8-11-28-23)15-30-25(27-3)31-20-9-12-32(16-20)24-22(26)5-4-10-29-24/h4-8,10-11,13-14,20H,9,12,15-16H2,1-3H3,(H2,27,30,31). The Bertz CT molecular complexity index is 1140. The van der Waals surface area contributed by atoms with Gasteiger partial charge < -0.3 is 20.3 Å². The van der Waals surface area contributed by atoms with E-state index < -0.39 is 0 Å². The van der Waals surface area contributed by atoms with Gasteiger partial charge in [0.1, 0.15) is 5.75 Å². The Morgan fingerprint density at radius 3 is 2.82 bits per heavy atom. The lowest BCUT2D eigenvalue weighted by molar-refractivity contribution is 0.461. The minimum atomic E-state index is -0.294. The van der Waals surface area contributed by atoms with Gasteiger partial charge in [-0.2, -0.15) is 0 Å². The van der Waals surface area contributed by atoms with E-state index in [0.29, 0.717) is 30.7 Å². The lowest BCUT2D eigenvalue weighted by Gasteiger charge is -2.20. The third kappa shape index (κ3) is 5.77. The van der Waals surface area contributed by atoms with Gasteiger partial charge in [0.05, 0.1) is 0 Å². The van der Waals surface area contributed by atoms with Crippen LogP contribution in [0.5, 0.6) is 11.6 Å². The highest BCUT2D eigenvalue weighted by atomic mass is 19.1. The van der Waals surface area contributed by atoms with Crippen molar-refractivity contribution in [3.05, 3.63) is 77.4 Å². The fraction of sp³-hybridized carbons (Fsp3) is 0.320. The number of benzene rings is 1. The van der Waals surface area contributed by atoms with E-state index in [1.165, 1.54) is 17.2 Å². The average Bonchev–Trinajstić information content (AvgIpc) is 3.28. The second-order valence-corrected chi connectivity index (χ2v) is 8.16. The molecule has 0 spiro atoms. The van der Waals surface area contributed by atoms with Gasteiger partial charge in [-0.15, -0.1) is 0 Å². The number of rotatable bonds is 6. The van der Waals surface area contributed by atoms with Crippen LogP contribution in [0, 0.1) is 19.7 Å². The van der Waals surface area contributed by atoms with Crippen LogP contribution in [0.3, 0.4) is 0 Å². The first-order valence-corrected chi connectivity index (χ1v) is 11.0. The lowest BCUT2D eigenvalue weighted by Crippen LogP contribution is -2.44. The summed E-state index contributed by atoms with van der Waals surface area (Å²) in [7, 11) is 1.74. The molecule has 172 valence electrons. The molecule has 1 aliphatic rings. The topological polar surface area (TPSA) is 74.7 Å². The molecular weight excluding hydrogens is 419 g/mol. The molecule has 3 aromatic rings. The number of hydrogen-bond acceptors (Lipinski definition) is 5. The van der Waals surface area contributed by atoms with Crippen LogP contribution in [0.1, 0.15) is 23.1 Å². The molecule has 1 aromatic carbocycles. The Morgan fingerprint density at radius 2 is 2.03 bits per heavy atom. The molecule has 2 N–H and O–H groups in total. The maximum Gasteiger partial charge on any atom is 0.219 e. The van der Waals surface area contributed by atoms with Crippen molar-refractivity contribution in [1.82, 2.24) is 20.6 Å². The largest absolute Gasteiger partial charge is 0.439 e. The van der Waals surface area contributed by atoms with Crippen molar-refractivity contribution in [3.8, 4) is 11.6 Å². The van der Waals surface area contributed by atoms with Gasteiger partial charge in [-0.05, 0) is 67.3 Å². The van der Waals surface area contributed by atoms with Gasteiger partial charge in [-0.25, -0.2) is 14.4 Å². The number of hydrogen-bond donors (Lipinski definition) is 2. The summed E-state index contributed by atoms with van der Waals surface area (Å²) in [5, 5.41) is 6.75. The zero-order valence-corrected chi connectivity index (χ0v) is 19.2. The molecule has 4 rings (SSSR count). The highest BCUT2D eigenvalue weighted by Crippen LogP contribution is 2.23. The van der Waals surface area contributed by atoms with Crippen LogP contribution in [0.25, 0.3) is 0 Å². The summed E-state index contributed by atoms with van der Waals surface area (Å²) in [5.41, 5.74) is 3.43. The predicted octanol–water partition coefficient (Wildman–Crippen LogP) is 3.97. The Hall–Kier alpha value is -3.68. The molecule has 0 bridgehead atoms. The smallest absolute Gasteiger partial charge is 0.219 e. The second-order valence-electron chi connectivity index (χ2n) is 8.16. The van der Waals surface area contributed by atoms with Crippen LogP contribution < -0.4 is 20.3 Å². The van der Waals surface area contributed by atoms with Gasteiger partial charge in [0.25, 0.3) is 0 Å². The third-order valence-corrected chi connectivity index (χ3v) is 5.75. The van der Waals surface area contributed by atoms with Crippen LogP contribution in [-0.4, -0.2) is 42.1 Å². The van der Waals surface area contributed by atoms with Crippen molar-refractivity contribution in [3.63, 3.8) is 0 Å². The van der Waals surface area contributed by atoms with Crippen molar-refractivity contribution >= 4 is 11.8 Å². The molecule has 0 aliphatic carbocycles. The SMILES string of the molecule is CN=C(NCc1ccnc(Oc2ccc(C)c(C)c2)c1)NC1CCN(c2ncccc2F)C1. The summed E-state index contributed by atoms with van der Waals surface area (Å²) in [6.45, 7) is 6.11. The molecule has 1 unspecified atom stereocenters. The van der Waals surface area contributed by atoms with Gasteiger partial charge in [-0.1, -0.05) is 6.07 Å². The maximum absolute atomic E-state index is 14.0. The molecule has 0 radical (unpaired) electrons. The zero-order chi connectivity index (χ0) is 23.2. The number of aliphatic imine (C=N–C) groups is 1. The zero-order valence-electron chi connectivity index (χ0n) is 19.2. The fourth-order valence-corrected chi connectivity index (χ4v) is 3.77. The van der Waals surface area contributed by atoms with Crippen LogP contribution >= 0.6 is 0 Å². The van der Waals surface area contributed by atoms with E-state index in [1.807, 2.05) is 35.2 Å². The summed E-state index contributed by atoms with van der Waals surface area (Å²) in [4.78, 5) is 14.8. The Morgan fingerprint density at radius 1 is 1.15 bits per heavy atom. The Labute approximate surface area is 193 Å². The summed E-state index contributed by atoms with van der Waals surface area (Å²) in [6.07, 6.45) is 4.23. The van der Waals surface area contributed by atoms with Gasteiger partial charge in [0.2, 0.25) is 5.88 Å². The highest BCUT2D eigenvalue weighted by Gasteiger charge is 2.25. The fourth-order valence-electron chi connectivity index (χ4n) is 3.77. The minimum absolute atomic E-state index is 0.152. The third-order valence-electron chi connectivity index (χ3n) is 5.75. The molecule has 8 heteroatoms. The van der Waals surface area contributed by atoms with Crippen LogP contribution in [0.15, 0.2) is 59.9 Å². The quantitative estimate of drug-likeness (QED) is 0.439. The van der Waals surface area contributed by atoms with Crippen LogP contribution in [-0.2, 0) is 6.54 Å². The molecule has 0 amide bonds. The van der Waals surface area contributed by atoms with Gasteiger partial charge >= 0.3 is 0 Å². The highest BCUT2D eigenvalue weighted by molar-refractivity contribution is 5.80. The van der Waals surface area contributed by atoms with E-state index in [4.69, 9.17) is 4.74 Å². The number of nitrogens with zero attached hydrogens (tertiary/aromatic N) is 4. The molecular formula is C25H29FN6O.